The molecule has 2 aromatic rings. The molecule has 4 rings (SSSR count). The molecule has 4 nitrogen and oxygen atoms in total. The van der Waals surface area contributed by atoms with E-state index >= 15 is 0 Å². The van der Waals surface area contributed by atoms with Gasteiger partial charge in [0.1, 0.15) is 17.8 Å². The van der Waals surface area contributed by atoms with Crippen LogP contribution < -0.4 is 14.4 Å². The van der Waals surface area contributed by atoms with Gasteiger partial charge in [-0.2, -0.15) is 0 Å². The number of amides is 1. The number of thioether (sulfide) groups is 1. The third-order valence-electron chi connectivity index (χ3n) is 3.68. The number of rotatable bonds is 2. The summed E-state index contributed by atoms with van der Waals surface area (Å²) in [4.78, 5) is 14.5. The second-order valence-corrected chi connectivity index (χ2v) is 6.29. The van der Waals surface area contributed by atoms with E-state index in [9.17, 15) is 4.79 Å². The lowest BCUT2D eigenvalue weighted by atomic mass is 10.1. The fraction of sp³-hybridized carbons (Fsp3) is 0.0556. The first-order valence-corrected chi connectivity index (χ1v) is 7.99. The van der Waals surface area contributed by atoms with E-state index < -0.39 is 0 Å². The van der Waals surface area contributed by atoms with Crippen molar-refractivity contribution in [2.24, 2.45) is 0 Å². The monoisotopic (exact) mass is 323 g/mol. The first kappa shape index (κ1) is 14.0. The molecule has 23 heavy (non-hydrogen) atoms. The summed E-state index contributed by atoms with van der Waals surface area (Å²) in [6, 6.07) is 15.1. The molecule has 1 fully saturated rings. The zero-order valence-corrected chi connectivity index (χ0v) is 13.0. The summed E-state index contributed by atoms with van der Waals surface area (Å²) in [5, 5.41) is 0.392. The average Bonchev–Trinajstić information content (AvgIpc) is 2.90. The third kappa shape index (κ3) is 2.39. The number of carbonyl (C=O) groups is 1. The van der Waals surface area contributed by atoms with Crippen molar-refractivity contribution in [1.29, 1.82) is 0 Å². The maximum atomic E-state index is 12.8. The van der Waals surface area contributed by atoms with Crippen LogP contribution in [0.25, 0.3) is 0 Å². The number of para-hydroxylation sites is 1. The minimum atomic E-state index is -0.331. The Hall–Kier alpha value is -2.66. The fourth-order valence-corrected chi connectivity index (χ4v) is 3.68. The first-order valence-electron chi connectivity index (χ1n) is 7.11. The quantitative estimate of drug-likeness (QED) is 0.829. The van der Waals surface area contributed by atoms with Gasteiger partial charge < -0.3 is 9.47 Å². The van der Waals surface area contributed by atoms with Crippen molar-refractivity contribution in [3.05, 3.63) is 78.2 Å². The highest BCUT2D eigenvalue weighted by Crippen LogP contribution is 2.47. The van der Waals surface area contributed by atoms with Crippen LogP contribution in [-0.4, -0.2) is 5.91 Å². The van der Waals surface area contributed by atoms with Crippen molar-refractivity contribution in [3.8, 4) is 11.5 Å². The lowest BCUT2D eigenvalue weighted by Crippen LogP contribution is -2.24. The van der Waals surface area contributed by atoms with Crippen molar-refractivity contribution in [2.75, 3.05) is 4.90 Å². The Morgan fingerprint density at radius 2 is 1.74 bits per heavy atom. The summed E-state index contributed by atoms with van der Waals surface area (Å²) in [6.07, 6.45) is 2.96. The predicted molar refractivity (Wildman–Crippen MR) is 90.2 cm³/mol. The molecule has 0 spiro atoms. The number of nitrogens with zero attached hydrogens (tertiary/aromatic N) is 1. The lowest BCUT2D eigenvalue weighted by molar-refractivity contribution is -0.117. The van der Waals surface area contributed by atoms with Crippen LogP contribution in [0.3, 0.4) is 0 Å². The molecule has 114 valence electrons. The van der Waals surface area contributed by atoms with Gasteiger partial charge in [-0.3, -0.25) is 9.69 Å². The van der Waals surface area contributed by atoms with Crippen LogP contribution in [0.5, 0.6) is 11.5 Å². The van der Waals surface area contributed by atoms with Gasteiger partial charge in [0.2, 0.25) is 5.91 Å². The van der Waals surface area contributed by atoms with E-state index in [1.807, 2.05) is 48.5 Å². The Labute approximate surface area is 138 Å². The molecule has 0 aliphatic carbocycles. The number of anilines is 1. The molecule has 2 heterocycles. The second-order valence-electron chi connectivity index (χ2n) is 5.11. The molecule has 1 amide bonds. The van der Waals surface area contributed by atoms with Gasteiger partial charge in [-0.1, -0.05) is 42.6 Å². The van der Waals surface area contributed by atoms with Crippen LogP contribution in [0.2, 0.25) is 0 Å². The van der Waals surface area contributed by atoms with E-state index in [2.05, 4.69) is 6.58 Å². The summed E-state index contributed by atoms with van der Waals surface area (Å²) < 4.78 is 10.8. The fourth-order valence-electron chi connectivity index (χ4n) is 2.62. The van der Waals surface area contributed by atoms with E-state index in [0.29, 0.717) is 11.5 Å². The van der Waals surface area contributed by atoms with Crippen LogP contribution in [0.15, 0.2) is 72.7 Å². The minimum absolute atomic E-state index is 0.00146. The molecule has 0 N–H and O–H groups in total. The molecule has 0 aromatic heterocycles. The zero-order valence-electron chi connectivity index (χ0n) is 12.1. The summed E-state index contributed by atoms with van der Waals surface area (Å²) in [5.41, 5.74) is 1.70. The molecule has 5 heteroatoms. The van der Waals surface area contributed by atoms with Gasteiger partial charge in [-0.05, 0) is 29.8 Å². The molecule has 0 saturated carbocycles. The van der Waals surface area contributed by atoms with Gasteiger partial charge in [-0.25, -0.2) is 0 Å². The van der Waals surface area contributed by atoms with Gasteiger partial charge in [0, 0.05) is 5.69 Å². The maximum absolute atomic E-state index is 12.8. The summed E-state index contributed by atoms with van der Waals surface area (Å²) in [7, 11) is 0. The van der Waals surface area contributed by atoms with Crippen LogP contribution >= 0.6 is 11.8 Å². The van der Waals surface area contributed by atoms with Gasteiger partial charge in [-0.15, -0.1) is 0 Å². The normalized spacial score (nSPS) is 19.3. The predicted octanol–water partition coefficient (Wildman–Crippen LogP) is 4.22. The van der Waals surface area contributed by atoms with Gasteiger partial charge in [0.15, 0.2) is 11.5 Å². The molecule has 2 aliphatic heterocycles. The van der Waals surface area contributed by atoms with Gasteiger partial charge >= 0.3 is 0 Å². The SMILES string of the molecule is C=C1SC(c2ccc3c(c2)OC=CO3)C(=O)N1c1ccccc1. The highest BCUT2D eigenvalue weighted by atomic mass is 32.2. The highest BCUT2D eigenvalue weighted by Gasteiger charge is 2.38. The van der Waals surface area contributed by atoms with E-state index in [4.69, 9.17) is 9.47 Å². The Bertz CT molecular complexity index is 816. The Kier molecular flexibility index (Phi) is 3.35. The molecular formula is C18H13NO3S. The van der Waals surface area contributed by atoms with Crippen molar-refractivity contribution in [2.45, 2.75) is 5.25 Å². The van der Waals surface area contributed by atoms with Crippen molar-refractivity contribution in [3.63, 3.8) is 0 Å². The Morgan fingerprint density at radius 3 is 2.52 bits per heavy atom. The lowest BCUT2D eigenvalue weighted by Gasteiger charge is -2.17. The molecular weight excluding hydrogens is 310 g/mol. The third-order valence-corrected chi connectivity index (χ3v) is 4.84. The molecule has 0 bridgehead atoms. The van der Waals surface area contributed by atoms with E-state index in [1.54, 1.807) is 4.90 Å². The van der Waals surface area contributed by atoms with Crippen molar-refractivity contribution in [1.82, 2.24) is 0 Å². The Morgan fingerprint density at radius 1 is 1.00 bits per heavy atom. The van der Waals surface area contributed by atoms with Gasteiger partial charge in [0.05, 0.1) is 5.03 Å². The molecule has 2 aliphatic rings. The number of benzene rings is 2. The minimum Gasteiger partial charge on any atom is -0.458 e. The molecule has 1 unspecified atom stereocenters. The van der Waals surface area contributed by atoms with E-state index in [-0.39, 0.29) is 11.2 Å². The largest absolute Gasteiger partial charge is 0.458 e. The number of hydrogen-bond acceptors (Lipinski definition) is 4. The van der Waals surface area contributed by atoms with Crippen LogP contribution in [0.1, 0.15) is 10.8 Å². The Balaban J connectivity index is 1.66. The summed E-state index contributed by atoms with van der Waals surface area (Å²) in [5.74, 6) is 1.26. The number of carbonyl (C=O) groups excluding carboxylic acids is 1. The topological polar surface area (TPSA) is 38.8 Å². The number of ether oxygens (including phenoxy) is 2. The maximum Gasteiger partial charge on any atom is 0.249 e. The number of hydrogen-bond donors (Lipinski definition) is 0. The smallest absolute Gasteiger partial charge is 0.249 e. The second kappa shape index (κ2) is 5.52. The molecule has 2 aromatic carbocycles. The highest BCUT2D eigenvalue weighted by molar-refractivity contribution is 8.04. The van der Waals surface area contributed by atoms with Crippen LogP contribution in [-0.2, 0) is 4.79 Å². The van der Waals surface area contributed by atoms with Crippen molar-refractivity contribution >= 4 is 23.4 Å². The summed E-state index contributed by atoms with van der Waals surface area (Å²) in [6.45, 7) is 4.03. The van der Waals surface area contributed by atoms with Crippen molar-refractivity contribution < 1.29 is 14.3 Å². The number of fused-ring (bicyclic) bond motifs is 1. The standard InChI is InChI=1S/C18H13NO3S/c1-12-19(14-5-3-2-4-6-14)18(20)17(23-12)13-7-8-15-16(11-13)22-10-9-21-15/h2-11,17H,1H2. The summed E-state index contributed by atoms with van der Waals surface area (Å²) >= 11 is 1.45. The van der Waals surface area contributed by atoms with Crippen LogP contribution in [0, 0.1) is 0 Å². The zero-order chi connectivity index (χ0) is 15.8. The molecule has 1 saturated heterocycles. The first-order chi connectivity index (χ1) is 11.2. The van der Waals surface area contributed by atoms with Gasteiger partial charge in [0.25, 0.3) is 0 Å². The van der Waals surface area contributed by atoms with E-state index in [1.165, 1.54) is 24.3 Å². The van der Waals surface area contributed by atoms with E-state index in [0.717, 1.165) is 16.3 Å². The van der Waals surface area contributed by atoms with Crippen LogP contribution in [0.4, 0.5) is 5.69 Å². The average molecular weight is 323 g/mol. The molecule has 1 atom stereocenters. The molecule has 0 radical (unpaired) electrons.